The highest BCUT2D eigenvalue weighted by atomic mass is 35.5. The second-order valence-corrected chi connectivity index (χ2v) is 5.71. The second-order valence-electron chi connectivity index (χ2n) is 5.31. The van der Waals surface area contributed by atoms with Gasteiger partial charge in [-0.2, -0.15) is 0 Å². The summed E-state index contributed by atoms with van der Waals surface area (Å²) in [5.41, 5.74) is 0.941. The zero-order valence-corrected chi connectivity index (χ0v) is 12.3. The number of piperazine rings is 1. The molecular weight excluding hydrogens is 274 g/mol. The Bertz CT molecular complexity index is 629. The van der Waals surface area contributed by atoms with E-state index < -0.39 is 0 Å². The zero-order chi connectivity index (χ0) is 14.1. The molecule has 4 nitrogen and oxygen atoms in total. The summed E-state index contributed by atoms with van der Waals surface area (Å²) in [6.45, 7) is 3.86. The Morgan fingerprint density at radius 3 is 2.70 bits per heavy atom. The van der Waals surface area contributed by atoms with E-state index in [9.17, 15) is 4.79 Å². The number of carbonyl (C=O) groups excluding carboxylic acids is 1. The Morgan fingerprint density at radius 1 is 1.20 bits per heavy atom. The van der Waals surface area contributed by atoms with Crippen LogP contribution in [0, 0.1) is 0 Å². The van der Waals surface area contributed by atoms with Crippen molar-refractivity contribution in [1.29, 1.82) is 0 Å². The summed E-state index contributed by atoms with van der Waals surface area (Å²) in [5, 5.41) is 1.77. The molecule has 3 rings (SSSR count). The third-order valence-electron chi connectivity index (χ3n) is 3.90. The summed E-state index contributed by atoms with van der Waals surface area (Å²) in [4.78, 5) is 16.5. The second kappa shape index (κ2) is 5.46. The van der Waals surface area contributed by atoms with Gasteiger partial charge in [0.1, 0.15) is 6.54 Å². The predicted molar refractivity (Wildman–Crippen MR) is 81.0 cm³/mol. The number of likely N-dealkylation sites (N-methyl/N-ethyl adjacent to an activating group) is 1. The quantitative estimate of drug-likeness (QED) is 0.847. The van der Waals surface area contributed by atoms with E-state index in [0.717, 1.165) is 37.1 Å². The standard InChI is InChI=1S/C15H18ClN3O/c1-17-7-9-18(10-8-17)14(20)11-19-6-5-12-3-2-4-13(16)15(12)19/h2-6H,7-11H2,1H3. The molecule has 0 unspecified atom stereocenters. The molecule has 0 spiro atoms. The fourth-order valence-electron chi connectivity index (χ4n) is 2.65. The average molecular weight is 292 g/mol. The van der Waals surface area contributed by atoms with Gasteiger partial charge in [0, 0.05) is 37.8 Å². The molecule has 106 valence electrons. The van der Waals surface area contributed by atoms with Gasteiger partial charge in [0.15, 0.2) is 0 Å². The molecule has 0 N–H and O–H groups in total. The van der Waals surface area contributed by atoms with E-state index >= 15 is 0 Å². The molecule has 0 saturated carbocycles. The third kappa shape index (κ3) is 2.53. The molecule has 0 bridgehead atoms. The van der Waals surface area contributed by atoms with E-state index in [-0.39, 0.29) is 5.91 Å². The number of carbonyl (C=O) groups is 1. The number of halogens is 1. The average Bonchev–Trinajstić information content (AvgIpc) is 2.84. The Labute approximate surface area is 123 Å². The van der Waals surface area contributed by atoms with Crippen LogP contribution in [0.25, 0.3) is 10.9 Å². The maximum absolute atomic E-state index is 12.4. The third-order valence-corrected chi connectivity index (χ3v) is 4.21. The highest BCUT2D eigenvalue weighted by Gasteiger charge is 2.19. The van der Waals surface area contributed by atoms with Crippen LogP contribution in [0.2, 0.25) is 5.02 Å². The van der Waals surface area contributed by atoms with Crippen molar-refractivity contribution in [3.05, 3.63) is 35.5 Å². The van der Waals surface area contributed by atoms with Crippen LogP contribution in [0.15, 0.2) is 30.5 Å². The van der Waals surface area contributed by atoms with E-state index in [0.29, 0.717) is 11.6 Å². The van der Waals surface area contributed by atoms with E-state index in [1.54, 1.807) is 0 Å². The van der Waals surface area contributed by atoms with Crippen LogP contribution in [0.1, 0.15) is 0 Å². The molecule has 5 heteroatoms. The van der Waals surface area contributed by atoms with E-state index in [2.05, 4.69) is 11.9 Å². The van der Waals surface area contributed by atoms with Gasteiger partial charge in [-0.1, -0.05) is 23.7 Å². The first-order valence-corrected chi connectivity index (χ1v) is 7.22. The summed E-state index contributed by atoms with van der Waals surface area (Å²) >= 11 is 6.24. The number of benzene rings is 1. The fraction of sp³-hybridized carbons (Fsp3) is 0.400. The number of hydrogen-bond donors (Lipinski definition) is 0. The normalized spacial score (nSPS) is 16.8. The van der Waals surface area contributed by atoms with Gasteiger partial charge in [0.05, 0.1) is 10.5 Å². The van der Waals surface area contributed by atoms with Crippen LogP contribution in [-0.4, -0.2) is 53.5 Å². The van der Waals surface area contributed by atoms with Crippen molar-refractivity contribution >= 4 is 28.4 Å². The minimum atomic E-state index is 0.163. The molecule has 20 heavy (non-hydrogen) atoms. The number of nitrogens with zero attached hydrogens (tertiary/aromatic N) is 3. The van der Waals surface area contributed by atoms with Gasteiger partial charge in [0.25, 0.3) is 0 Å². The van der Waals surface area contributed by atoms with Crippen molar-refractivity contribution in [2.24, 2.45) is 0 Å². The first-order chi connectivity index (χ1) is 9.65. The zero-order valence-electron chi connectivity index (χ0n) is 11.6. The number of amides is 1. The van der Waals surface area contributed by atoms with Crippen LogP contribution >= 0.6 is 11.6 Å². The summed E-state index contributed by atoms with van der Waals surface area (Å²) < 4.78 is 1.94. The van der Waals surface area contributed by atoms with Crippen molar-refractivity contribution in [1.82, 2.24) is 14.4 Å². The monoisotopic (exact) mass is 291 g/mol. The minimum Gasteiger partial charge on any atom is -0.339 e. The Balaban J connectivity index is 1.78. The molecule has 1 aromatic carbocycles. The van der Waals surface area contributed by atoms with Crippen LogP contribution in [0.5, 0.6) is 0 Å². The summed E-state index contributed by atoms with van der Waals surface area (Å²) in [6, 6.07) is 7.80. The van der Waals surface area contributed by atoms with Gasteiger partial charge in [-0.15, -0.1) is 0 Å². The summed E-state index contributed by atoms with van der Waals surface area (Å²) in [7, 11) is 2.08. The van der Waals surface area contributed by atoms with Gasteiger partial charge in [0.2, 0.25) is 5.91 Å². The molecule has 2 aromatic rings. The molecule has 1 aliphatic heterocycles. The number of fused-ring (bicyclic) bond motifs is 1. The molecule has 1 aromatic heterocycles. The molecular formula is C15H18ClN3O. The number of aromatic nitrogens is 1. The maximum Gasteiger partial charge on any atom is 0.242 e. The largest absolute Gasteiger partial charge is 0.339 e. The van der Waals surface area contributed by atoms with Crippen molar-refractivity contribution in [2.75, 3.05) is 33.2 Å². The minimum absolute atomic E-state index is 0.163. The van der Waals surface area contributed by atoms with Crippen molar-refractivity contribution in [3.63, 3.8) is 0 Å². The van der Waals surface area contributed by atoms with E-state index in [1.807, 2.05) is 39.9 Å². The Hall–Kier alpha value is -1.52. The number of rotatable bonds is 2. The molecule has 0 radical (unpaired) electrons. The molecule has 1 amide bonds. The molecule has 1 aliphatic rings. The van der Waals surface area contributed by atoms with Crippen molar-refractivity contribution < 1.29 is 4.79 Å². The molecule has 0 aliphatic carbocycles. The lowest BCUT2D eigenvalue weighted by molar-refractivity contribution is -0.133. The highest BCUT2D eigenvalue weighted by molar-refractivity contribution is 6.35. The van der Waals surface area contributed by atoms with E-state index in [1.165, 1.54) is 0 Å². The van der Waals surface area contributed by atoms with Crippen molar-refractivity contribution in [2.45, 2.75) is 6.54 Å². The Morgan fingerprint density at radius 2 is 1.95 bits per heavy atom. The SMILES string of the molecule is CN1CCN(C(=O)Cn2ccc3cccc(Cl)c32)CC1. The van der Waals surface area contributed by atoms with Gasteiger partial charge in [-0.3, -0.25) is 4.79 Å². The van der Waals surface area contributed by atoms with Crippen LogP contribution in [-0.2, 0) is 11.3 Å². The van der Waals surface area contributed by atoms with Gasteiger partial charge in [-0.25, -0.2) is 0 Å². The molecule has 1 fully saturated rings. The summed E-state index contributed by atoms with van der Waals surface area (Å²) in [6.07, 6.45) is 1.94. The van der Waals surface area contributed by atoms with Gasteiger partial charge in [-0.05, 0) is 19.2 Å². The topological polar surface area (TPSA) is 28.5 Å². The van der Waals surface area contributed by atoms with Gasteiger partial charge >= 0.3 is 0 Å². The lowest BCUT2D eigenvalue weighted by atomic mass is 10.2. The lowest BCUT2D eigenvalue weighted by Crippen LogP contribution is -2.48. The van der Waals surface area contributed by atoms with Crippen LogP contribution in [0.4, 0.5) is 0 Å². The smallest absolute Gasteiger partial charge is 0.242 e. The summed E-state index contributed by atoms with van der Waals surface area (Å²) in [5.74, 6) is 0.163. The molecule has 0 atom stereocenters. The van der Waals surface area contributed by atoms with Crippen LogP contribution in [0.3, 0.4) is 0 Å². The van der Waals surface area contributed by atoms with E-state index in [4.69, 9.17) is 11.6 Å². The first kappa shape index (κ1) is 13.5. The molecule has 2 heterocycles. The van der Waals surface area contributed by atoms with Crippen LogP contribution < -0.4 is 0 Å². The van der Waals surface area contributed by atoms with Crippen molar-refractivity contribution in [3.8, 4) is 0 Å². The maximum atomic E-state index is 12.4. The fourth-order valence-corrected chi connectivity index (χ4v) is 2.94. The lowest BCUT2D eigenvalue weighted by Gasteiger charge is -2.32. The number of hydrogen-bond acceptors (Lipinski definition) is 2. The Kier molecular flexibility index (Phi) is 3.68. The predicted octanol–water partition coefficient (Wildman–Crippen LogP) is 2.07. The molecule has 1 saturated heterocycles. The van der Waals surface area contributed by atoms with Gasteiger partial charge < -0.3 is 14.4 Å². The first-order valence-electron chi connectivity index (χ1n) is 6.85. The number of para-hydroxylation sites is 1. The highest BCUT2D eigenvalue weighted by Crippen LogP contribution is 2.24.